The van der Waals surface area contributed by atoms with Crippen LogP contribution in [-0.2, 0) is 0 Å². The lowest BCUT2D eigenvalue weighted by Crippen LogP contribution is -2.43. The van der Waals surface area contributed by atoms with Gasteiger partial charge in [0, 0.05) is 35.7 Å². The molecule has 1 saturated carbocycles. The fourth-order valence-corrected chi connectivity index (χ4v) is 3.69. The number of pyridine rings is 2. The summed E-state index contributed by atoms with van der Waals surface area (Å²) in [6.45, 7) is 0. The zero-order valence-electron chi connectivity index (χ0n) is 16.4. The highest BCUT2D eigenvalue weighted by atomic mass is 19.1. The smallest absolute Gasteiger partial charge is 0.252 e. The molecule has 1 fully saturated rings. The van der Waals surface area contributed by atoms with Crippen LogP contribution < -0.4 is 22.1 Å². The monoisotopic (exact) mass is 409 g/mol. The molecular weight excluding hydrogens is 385 g/mol. The maximum Gasteiger partial charge on any atom is 0.252 e. The van der Waals surface area contributed by atoms with Crippen LogP contribution in [0.15, 0.2) is 42.9 Å². The van der Waals surface area contributed by atoms with Crippen molar-refractivity contribution in [1.29, 1.82) is 0 Å². The van der Waals surface area contributed by atoms with Gasteiger partial charge in [0.1, 0.15) is 5.82 Å². The van der Waals surface area contributed by atoms with E-state index in [2.05, 4.69) is 25.6 Å². The third-order valence-electron chi connectivity index (χ3n) is 5.29. The number of carbonyl (C=O) groups is 1. The first-order valence-corrected chi connectivity index (χ1v) is 9.89. The van der Waals surface area contributed by atoms with E-state index < -0.39 is 11.7 Å². The fraction of sp³-hybridized carbons (Fsp3) is 0.286. The number of nitrogens with one attached hydrogen (secondary N) is 3. The number of aromatic amines is 1. The topological polar surface area (TPSA) is 135 Å². The average molecular weight is 409 g/mol. The Kier molecular flexibility index (Phi) is 5.62. The molecule has 3 heterocycles. The number of anilines is 3. The number of aromatic nitrogens is 3. The molecule has 0 spiro atoms. The highest BCUT2D eigenvalue weighted by Gasteiger charge is 2.24. The number of primary amides is 1. The van der Waals surface area contributed by atoms with Crippen molar-refractivity contribution < 1.29 is 9.18 Å². The van der Waals surface area contributed by atoms with Gasteiger partial charge in [-0.3, -0.25) is 9.78 Å². The number of nitrogens with two attached hydrogens (primary N) is 2. The number of nitrogens with zero attached hydrogens (tertiary/aromatic N) is 2. The number of H-pyrrole nitrogens is 1. The van der Waals surface area contributed by atoms with Crippen LogP contribution in [0.4, 0.5) is 21.7 Å². The first-order chi connectivity index (χ1) is 14.5. The molecule has 0 aliphatic heterocycles. The maximum atomic E-state index is 14.6. The molecule has 30 heavy (non-hydrogen) atoms. The van der Waals surface area contributed by atoms with Crippen molar-refractivity contribution in [3.05, 3.63) is 54.2 Å². The molecule has 156 valence electrons. The summed E-state index contributed by atoms with van der Waals surface area (Å²) in [7, 11) is 0. The van der Waals surface area contributed by atoms with Crippen LogP contribution in [0.2, 0.25) is 0 Å². The van der Waals surface area contributed by atoms with Crippen LogP contribution in [0, 0.1) is 5.82 Å². The standard InChI is InChI=1S/C21H24FN7O/c22-15-9-14(19(24)30)20(29-21(15)28-18-5-2-1-4-16(18)23)27-13-8-12(10-25-11-13)17-6-3-7-26-17/h3,6-11,16,18,26H,1-2,4-5,23H2,(H2,24,30)(H2,27,28,29)/t16-,18?/m0/s1. The molecule has 1 aliphatic rings. The normalized spacial score (nSPS) is 18.7. The molecule has 9 heteroatoms. The number of rotatable bonds is 6. The van der Waals surface area contributed by atoms with E-state index in [1.165, 1.54) is 0 Å². The quantitative estimate of drug-likeness (QED) is 0.424. The summed E-state index contributed by atoms with van der Waals surface area (Å²) in [5.41, 5.74) is 13.9. The summed E-state index contributed by atoms with van der Waals surface area (Å²) in [6, 6.07) is 6.59. The lowest BCUT2D eigenvalue weighted by molar-refractivity contribution is 0.100. The molecule has 1 unspecified atom stereocenters. The number of hydrogen-bond donors (Lipinski definition) is 5. The lowest BCUT2D eigenvalue weighted by Gasteiger charge is -2.30. The minimum atomic E-state index is -0.779. The number of carbonyl (C=O) groups excluding carboxylic acids is 1. The summed E-state index contributed by atoms with van der Waals surface area (Å²) in [6.07, 6.45) is 8.91. The first-order valence-electron chi connectivity index (χ1n) is 9.89. The highest BCUT2D eigenvalue weighted by molar-refractivity contribution is 5.98. The van der Waals surface area contributed by atoms with Gasteiger partial charge in [-0.05, 0) is 37.1 Å². The second-order valence-corrected chi connectivity index (χ2v) is 7.45. The van der Waals surface area contributed by atoms with Gasteiger partial charge in [0.25, 0.3) is 5.91 Å². The van der Waals surface area contributed by atoms with E-state index in [1.807, 2.05) is 24.4 Å². The van der Waals surface area contributed by atoms with E-state index in [-0.39, 0.29) is 29.3 Å². The van der Waals surface area contributed by atoms with E-state index in [0.717, 1.165) is 43.0 Å². The van der Waals surface area contributed by atoms with E-state index in [9.17, 15) is 9.18 Å². The third kappa shape index (κ3) is 4.25. The van der Waals surface area contributed by atoms with Gasteiger partial charge < -0.3 is 27.1 Å². The fourth-order valence-electron chi connectivity index (χ4n) is 3.69. The maximum absolute atomic E-state index is 14.6. The number of hydrogen-bond acceptors (Lipinski definition) is 6. The van der Waals surface area contributed by atoms with Crippen molar-refractivity contribution in [2.24, 2.45) is 11.5 Å². The molecule has 3 aromatic rings. The van der Waals surface area contributed by atoms with Gasteiger partial charge in [-0.25, -0.2) is 9.37 Å². The van der Waals surface area contributed by atoms with Crippen LogP contribution in [0.3, 0.4) is 0 Å². The van der Waals surface area contributed by atoms with Crippen LogP contribution in [0.1, 0.15) is 36.0 Å². The molecule has 0 bridgehead atoms. The Morgan fingerprint density at radius 1 is 1.20 bits per heavy atom. The van der Waals surface area contributed by atoms with E-state index in [0.29, 0.717) is 5.69 Å². The summed E-state index contributed by atoms with van der Waals surface area (Å²) in [4.78, 5) is 23.5. The molecule has 8 nitrogen and oxygen atoms in total. The molecule has 1 amide bonds. The first kappa shape index (κ1) is 19.8. The van der Waals surface area contributed by atoms with Crippen molar-refractivity contribution in [1.82, 2.24) is 15.0 Å². The van der Waals surface area contributed by atoms with Crippen molar-refractivity contribution in [3.63, 3.8) is 0 Å². The van der Waals surface area contributed by atoms with Crippen molar-refractivity contribution in [3.8, 4) is 11.3 Å². The zero-order chi connectivity index (χ0) is 21.1. The van der Waals surface area contributed by atoms with E-state index in [1.54, 1.807) is 12.4 Å². The molecule has 0 aromatic carbocycles. The second-order valence-electron chi connectivity index (χ2n) is 7.45. The predicted molar refractivity (Wildman–Crippen MR) is 114 cm³/mol. The number of halogens is 1. The van der Waals surface area contributed by atoms with Crippen molar-refractivity contribution >= 4 is 23.2 Å². The summed E-state index contributed by atoms with van der Waals surface area (Å²) in [5.74, 6) is -1.23. The second kappa shape index (κ2) is 8.50. The molecule has 4 rings (SSSR count). The van der Waals surface area contributed by atoms with Crippen molar-refractivity contribution in [2.45, 2.75) is 37.8 Å². The zero-order valence-corrected chi connectivity index (χ0v) is 16.4. The van der Waals surface area contributed by atoms with E-state index in [4.69, 9.17) is 11.5 Å². The molecule has 3 aromatic heterocycles. The molecule has 7 N–H and O–H groups in total. The number of amides is 1. The molecule has 0 saturated heterocycles. The van der Waals surface area contributed by atoms with Gasteiger partial charge in [0.2, 0.25) is 0 Å². The van der Waals surface area contributed by atoms with Crippen LogP contribution >= 0.6 is 0 Å². The Bertz CT molecular complexity index is 1040. The highest BCUT2D eigenvalue weighted by Crippen LogP contribution is 2.28. The molecule has 0 radical (unpaired) electrons. The molecular formula is C21H24FN7O. The molecule has 2 atom stereocenters. The predicted octanol–water partition coefficient (Wildman–Crippen LogP) is 3.14. The Morgan fingerprint density at radius 2 is 2.03 bits per heavy atom. The Hall–Kier alpha value is -3.46. The van der Waals surface area contributed by atoms with Gasteiger partial charge in [-0.2, -0.15) is 0 Å². The summed E-state index contributed by atoms with van der Waals surface area (Å²) < 4.78 is 14.6. The van der Waals surface area contributed by atoms with Gasteiger partial charge in [-0.1, -0.05) is 12.8 Å². The van der Waals surface area contributed by atoms with Crippen LogP contribution in [-0.4, -0.2) is 32.9 Å². The van der Waals surface area contributed by atoms with Gasteiger partial charge in [0.05, 0.1) is 17.4 Å². The van der Waals surface area contributed by atoms with Gasteiger partial charge >= 0.3 is 0 Å². The molecule has 1 aliphatic carbocycles. The lowest BCUT2D eigenvalue weighted by atomic mass is 9.91. The Balaban J connectivity index is 1.64. The van der Waals surface area contributed by atoms with Crippen LogP contribution in [0.25, 0.3) is 11.3 Å². The van der Waals surface area contributed by atoms with Crippen molar-refractivity contribution in [2.75, 3.05) is 10.6 Å². The minimum Gasteiger partial charge on any atom is -0.365 e. The van der Waals surface area contributed by atoms with Crippen LogP contribution in [0.5, 0.6) is 0 Å². The minimum absolute atomic E-state index is 0.0401. The summed E-state index contributed by atoms with van der Waals surface area (Å²) >= 11 is 0. The Labute approximate surface area is 173 Å². The largest absolute Gasteiger partial charge is 0.365 e. The SMILES string of the molecule is NC(=O)c1cc(F)c(NC2CCCC[C@@H]2N)nc1Nc1cncc(-c2ccc[nH]2)c1. The Morgan fingerprint density at radius 3 is 2.77 bits per heavy atom. The van der Waals surface area contributed by atoms with E-state index >= 15 is 0 Å². The summed E-state index contributed by atoms with van der Waals surface area (Å²) in [5, 5.41) is 6.15. The average Bonchev–Trinajstić information content (AvgIpc) is 3.27. The third-order valence-corrected chi connectivity index (χ3v) is 5.29. The van der Waals surface area contributed by atoms with Gasteiger partial charge in [0.15, 0.2) is 11.6 Å². The van der Waals surface area contributed by atoms with Gasteiger partial charge in [-0.15, -0.1) is 0 Å².